The van der Waals surface area contributed by atoms with Crippen LogP contribution in [0.2, 0.25) is 0 Å². The van der Waals surface area contributed by atoms with Gasteiger partial charge in [-0.2, -0.15) is 0 Å². The van der Waals surface area contributed by atoms with E-state index in [1.165, 1.54) is 16.9 Å². The minimum atomic E-state index is -0.0406. The molecule has 0 saturated carbocycles. The lowest BCUT2D eigenvalue weighted by Crippen LogP contribution is -2.21. The van der Waals surface area contributed by atoms with Gasteiger partial charge in [-0.25, -0.2) is 9.97 Å². The van der Waals surface area contributed by atoms with Crippen molar-refractivity contribution in [3.8, 4) is 5.69 Å². The first kappa shape index (κ1) is 16.7. The first-order valence-corrected chi connectivity index (χ1v) is 9.45. The van der Waals surface area contributed by atoms with Crippen molar-refractivity contribution in [1.82, 2.24) is 14.5 Å². The predicted octanol–water partition coefficient (Wildman–Crippen LogP) is 4.35. The summed E-state index contributed by atoms with van der Waals surface area (Å²) in [6, 6.07) is 7.98. The highest BCUT2D eigenvalue weighted by Gasteiger charge is 2.18. The number of hydrogen-bond donors (Lipinski definition) is 1. The van der Waals surface area contributed by atoms with Crippen molar-refractivity contribution >= 4 is 37.5 Å². The van der Waals surface area contributed by atoms with Crippen molar-refractivity contribution in [3.05, 3.63) is 57.8 Å². The Hall–Kier alpha value is -2.73. The van der Waals surface area contributed by atoms with Gasteiger partial charge in [0.15, 0.2) is 0 Å². The van der Waals surface area contributed by atoms with Crippen LogP contribution in [0.25, 0.3) is 26.1 Å². The van der Waals surface area contributed by atoms with Crippen LogP contribution in [0.1, 0.15) is 23.9 Å². The van der Waals surface area contributed by atoms with Crippen LogP contribution in [0, 0.1) is 20.8 Å². The first-order chi connectivity index (χ1) is 12.5. The van der Waals surface area contributed by atoms with Gasteiger partial charge in [0.25, 0.3) is 5.56 Å². The molecule has 26 heavy (non-hydrogen) atoms. The summed E-state index contributed by atoms with van der Waals surface area (Å²) in [5.41, 5.74) is 4.87. The summed E-state index contributed by atoms with van der Waals surface area (Å²) in [4.78, 5) is 23.3. The molecule has 0 aliphatic heterocycles. The number of anilines is 1. The first-order valence-electron chi connectivity index (χ1n) is 8.63. The van der Waals surface area contributed by atoms with Crippen molar-refractivity contribution in [2.24, 2.45) is 0 Å². The quantitative estimate of drug-likeness (QED) is 0.587. The Labute approximate surface area is 155 Å². The average molecular weight is 364 g/mol. The maximum Gasteiger partial charge on any atom is 0.276 e. The molecule has 0 bridgehead atoms. The van der Waals surface area contributed by atoms with Gasteiger partial charge in [0.05, 0.1) is 11.1 Å². The SMILES string of the molecule is CCNc1ccnc2sc3c(=O)n(-c4ccc(C)c(C)c4)c(C)nc3c12. The molecule has 0 unspecified atom stereocenters. The molecule has 132 valence electrons. The Morgan fingerprint density at radius 3 is 2.69 bits per heavy atom. The third-order valence-corrected chi connectivity index (χ3v) is 5.75. The highest BCUT2D eigenvalue weighted by Crippen LogP contribution is 2.34. The predicted molar refractivity (Wildman–Crippen MR) is 109 cm³/mol. The van der Waals surface area contributed by atoms with Crippen molar-refractivity contribution in [2.45, 2.75) is 27.7 Å². The van der Waals surface area contributed by atoms with E-state index >= 15 is 0 Å². The van der Waals surface area contributed by atoms with E-state index in [0.29, 0.717) is 10.5 Å². The van der Waals surface area contributed by atoms with Crippen LogP contribution >= 0.6 is 11.3 Å². The van der Waals surface area contributed by atoms with Crippen molar-refractivity contribution in [1.29, 1.82) is 0 Å². The molecule has 0 saturated heterocycles. The molecule has 5 nitrogen and oxygen atoms in total. The lowest BCUT2D eigenvalue weighted by molar-refractivity contribution is 0.896. The van der Waals surface area contributed by atoms with Gasteiger partial charge >= 0.3 is 0 Å². The monoisotopic (exact) mass is 364 g/mol. The number of nitrogens with zero attached hydrogens (tertiary/aromatic N) is 3. The molecule has 0 fully saturated rings. The molecule has 0 aliphatic rings. The van der Waals surface area contributed by atoms with Gasteiger partial charge in [0, 0.05) is 18.4 Å². The number of pyridine rings is 1. The minimum absolute atomic E-state index is 0.0406. The molecular weight excluding hydrogens is 344 g/mol. The number of rotatable bonds is 3. The molecule has 0 atom stereocenters. The van der Waals surface area contributed by atoms with Crippen molar-refractivity contribution in [2.75, 3.05) is 11.9 Å². The highest BCUT2D eigenvalue weighted by atomic mass is 32.1. The molecule has 3 heterocycles. The summed E-state index contributed by atoms with van der Waals surface area (Å²) in [5.74, 6) is 0.678. The number of fused-ring (bicyclic) bond motifs is 3. The lowest BCUT2D eigenvalue weighted by atomic mass is 10.1. The van der Waals surface area contributed by atoms with Gasteiger partial charge in [-0.05, 0) is 57.0 Å². The largest absolute Gasteiger partial charge is 0.385 e. The van der Waals surface area contributed by atoms with Gasteiger partial charge in [0.2, 0.25) is 0 Å². The van der Waals surface area contributed by atoms with Crippen molar-refractivity contribution < 1.29 is 0 Å². The highest BCUT2D eigenvalue weighted by molar-refractivity contribution is 7.25. The molecular formula is C20H20N4OS. The lowest BCUT2D eigenvalue weighted by Gasteiger charge is -2.11. The van der Waals surface area contributed by atoms with E-state index in [1.807, 2.05) is 38.1 Å². The van der Waals surface area contributed by atoms with Gasteiger partial charge in [0.1, 0.15) is 20.9 Å². The summed E-state index contributed by atoms with van der Waals surface area (Å²) in [6.07, 6.45) is 1.77. The zero-order valence-corrected chi connectivity index (χ0v) is 16.1. The Balaban J connectivity index is 2.06. The summed E-state index contributed by atoms with van der Waals surface area (Å²) < 4.78 is 2.33. The Morgan fingerprint density at radius 1 is 1.15 bits per heavy atom. The summed E-state index contributed by atoms with van der Waals surface area (Å²) in [6.45, 7) is 8.84. The minimum Gasteiger partial charge on any atom is -0.385 e. The number of aromatic nitrogens is 3. The maximum atomic E-state index is 13.3. The maximum absolute atomic E-state index is 13.3. The van der Waals surface area contributed by atoms with E-state index < -0.39 is 0 Å². The molecule has 4 aromatic rings. The van der Waals surface area contributed by atoms with Crippen LogP contribution < -0.4 is 10.9 Å². The zero-order chi connectivity index (χ0) is 18.4. The third-order valence-electron chi connectivity index (χ3n) is 4.68. The normalized spacial score (nSPS) is 11.4. The van der Waals surface area contributed by atoms with Gasteiger partial charge < -0.3 is 5.32 Å². The molecule has 4 rings (SSSR count). The molecule has 0 spiro atoms. The summed E-state index contributed by atoms with van der Waals surface area (Å²) >= 11 is 1.41. The fourth-order valence-corrected chi connectivity index (χ4v) is 4.26. The standard InChI is InChI=1S/C20H20N4OS/c1-5-21-15-8-9-22-19-16(15)17-18(26-19)20(25)24(13(4)23-17)14-7-6-11(2)12(3)10-14/h6-10H,5H2,1-4H3,(H,21,22). The zero-order valence-electron chi connectivity index (χ0n) is 15.3. The Kier molecular flexibility index (Phi) is 4.00. The number of thiophene rings is 1. The molecule has 0 radical (unpaired) electrons. The van der Waals surface area contributed by atoms with Gasteiger partial charge in [-0.3, -0.25) is 9.36 Å². The molecule has 0 amide bonds. The van der Waals surface area contributed by atoms with Crippen LogP contribution in [-0.4, -0.2) is 21.1 Å². The Morgan fingerprint density at radius 2 is 1.96 bits per heavy atom. The summed E-state index contributed by atoms with van der Waals surface area (Å²) in [5, 5.41) is 4.28. The smallest absolute Gasteiger partial charge is 0.276 e. The summed E-state index contributed by atoms with van der Waals surface area (Å²) in [7, 11) is 0. The molecule has 6 heteroatoms. The molecule has 0 aliphatic carbocycles. The van der Waals surface area contributed by atoms with Crippen molar-refractivity contribution in [3.63, 3.8) is 0 Å². The van der Waals surface area contributed by atoms with E-state index in [0.717, 1.165) is 39.2 Å². The van der Waals surface area contributed by atoms with Gasteiger partial charge in [-0.1, -0.05) is 6.07 Å². The second-order valence-corrected chi connectivity index (χ2v) is 7.42. The van der Waals surface area contributed by atoms with Crippen LogP contribution in [0.3, 0.4) is 0 Å². The van der Waals surface area contributed by atoms with Crippen LogP contribution in [0.5, 0.6) is 0 Å². The van der Waals surface area contributed by atoms with Gasteiger partial charge in [-0.15, -0.1) is 11.3 Å². The van der Waals surface area contributed by atoms with E-state index in [1.54, 1.807) is 10.8 Å². The molecule has 1 N–H and O–H groups in total. The fourth-order valence-electron chi connectivity index (χ4n) is 3.23. The number of nitrogens with one attached hydrogen (secondary N) is 1. The topological polar surface area (TPSA) is 59.8 Å². The third kappa shape index (κ3) is 2.49. The van der Waals surface area contributed by atoms with Crippen LogP contribution in [0.4, 0.5) is 5.69 Å². The molecule has 3 aromatic heterocycles. The fraction of sp³-hybridized carbons (Fsp3) is 0.250. The van der Waals surface area contributed by atoms with E-state index in [9.17, 15) is 4.79 Å². The number of hydrogen-bond acceptors (Lipinski definition) is 5. The van der Waals surface area contributed by atoms with E-state index in [2.05, 4.69) is 24.1 Å². The van der Waals surface area contributed by atoms with E-state index in [4.69, 9.17) is 4.98 Å². The van der Waals surface area contributed by atoms with Crippen LogP contribution in [-0.2, 0) is 0 Å². The second-order valence-electron chi connectivity index (χ2n) is 6.42. The van der Waals surface area contributed by atoms with E-state index in [-0.39, 0.29) is 5.56 Å². The average Bonchev–Trinajstić information content (AvgIpc) is 2.98. The second kappa shape index (κ2) is 6.21. The number of aryl methyl sites for hydroxylation is 3. The van der Waals surface area contributed by atoms with Crippen LogP contribution in [0.15, 0.2) is 35.3 Å². The Bertz CT molecular complexity index is 1210. The number of benzene rings is 1. The molecule has 1 aromatic carbocycles.